The monoisotopic (exact) mass is 845 g/mol. The van der Waals surface area contributed by atoms with Crippen molar-refractivity contribution in [2.75, 3.05) is 37.9 Å². The Labute approximate surface area is 361 Å². The van der Waals surface area contributed by atoms with Gasteiger partial charge in [-0.15, -0.1) is 11.3 Å². The molecule has 0 radical (unpaired) electrons. The van der Waals surface area contributed by atoms with Gasteiger partial charge in [-0.05, 0) is 92.1 Å². The minimum Gasteiger partial charge on any atom is -0.493 e. The van der Waals surface area contributed by atoms with Crippen LogP contribution in [0.3, 0.4) is 0 Å². The largest absolute Gasteiger partial charge is 0.493 e. The summed E-state index contributed by atoms with van der Waals surface area (Å²) in [6.07, 6.45) is 9.56. The zero-order valence-electron chi connectivity index (χ0n) is 35.4. The number of fused-ring (bicyclic) bond motifs is 2. The fraction of sp³-hybridized carbons (Fsp3) is 0.404. The van der Waals surface area contributed by atoms with Crippen molar-refractivity contribution >= 4 is 57.4 Å². The maximum absolute atomic E-state index is 13.1. The lowest BCUT2D eigenvalue weighted by molar-refractivity contribution is -0.136. The van der Waals surface area contributed by atoms with Crippen LogP contribution in [0.25, 0.3) is 22.0 Å². The van der Waals surface area contributed by atoms with E-state index in [4.69, 9.17) is 14.5 Å². The Hall–Kier alpha value is -5.86. The third-order valence-electron chi connectivity index (χ3n) is 11.4. The van der Waals surface area contributed by atoms with Crippen LogP contribution < -0.4 is 30.7 Å². The standard InChI is InChI=1S/C47H55N7O6S/c1-29(50-44-37-25-40(59-3)41(60-4)26-38(37)51-30(2)52-44)42-23-32(28-61-42)34-16-12-11-15-31(34)27-48-21-13-9-7-5-6-8-10-14-22-49-33-17-18-35-36(24-33)47(58)54(46(35)57)39-19-20-43(55)53-45(39)56/h11-12,15-18,23-26,28-29,39,48-49H,5-10,13-14,19-22,27H2,1-4H3,(H,50,51,52)(H,53,55,56). The van der Waals surface area contributed by atoms with Crippen LogP contribution in [0.4, 0.5) is 11.5 Å². The molecule has 7 rings (SSSR count). The molecule has 4 N–H and O–H groups in total. The van der Waals surface area contributed by atoms with Crippen molar-refractivity contribution in [1.82, 2.24) is 25.5 Å². The van der Waals surface area contributed by atoms with E-state index in [9.17, 15) is 19.2 Å². The van der Waals surface area contributed by atoms with Crippen molar-refractivity contribution in [3.8, 4) is 22.6 Å². The van der Waals surface area contributed by atoms with Crippen LogP contribution in [-0.4, -0.2) is 71.8 Å². The molecule has 61 heavy (non-hydrogen) atoms. The average Bonchev–Trinajstić information content (AvgIpc) is 3.84. The summed E-state index contributed by atoms with van der Waals surface area (Å²) in [5.74, 6) is 0.750. The van der Waals surface area contributed by atoms with Gasteiger partial charge in [-0.25, -0.2) is 9.97 Å². The number of nitrogens with one attached hydrogen (secondary N) is 4. The fourth-order valence-corrected chi connectivity index (χ4v) is 9.02. The number of aryl methyl sites for hydroxylation is 1. The molecule has 2 unspecified atom stereocenters. The number of piperidine rings is 1. The lowest BCUT2D eigenvalue weighted by Crippen LogP contribution is -2.54. The first kappa shape index (κ1) is 43.2. The third-order valence-corrected chi connectivity index (χ3v) is 12.5. The number of benzene rings is 3. The van der Waals surface area contributed by atoms with Gasteiger partial charge in [0.2, 0.25) is 11.8 Å². The average molecular weight is 846 g/mol. The minimum absolute atomic E-state index is 0.0285. The molecular weight excluding hydrogens is 791 g/mol. The summed E-state index contributed by atoms with van der Waals surface area (Å²) in [7, 11) is 3.25. The first-order chi connectivity index (χ1) is 29.6. The number of carbonyl (C=O) groups is 4. The molecule has 0 bridgehead atoms. The maximum atomic E-state index is 13.1. The quantitative estimate of drug-likeness (QED) is 0.0413. The number of amides is 4. The van der Waals surface area contributed by atoms with Crippen molar-refractivity contribution < 1.29 is 28.7 Å². The topological polar surface area (TPSA) is 164 Å². The molecule has 3 aromatic carbocycles. The number of thiophene rings is 1. The van der Waals surface area contributed by atoms with E-state index < -0.39 is 23.8 Å². The van der Waals surface area contributed by atoms with E-state index in [1.165, 1.54) is 53.7 Å². The predicted molar refractivity (Wildman–Crippen MR) is 239 cm³/mol. The second-order valence-electron chi connectivity index (χ2n) is 15.7. The van der Waals surface area contributed by atoms with Crippen molar-refractivity contribution in [1.29, 1.82) is 0 Å². The predicted octanol–water partition coefficient (Wildman–Crippen LogP) is 8.58. The highest BCUT2D eigenvalue weighted by molar-refractivity contribution is 7.10. The number of methoxy groups -OCH3 is 2. The second kappa shape index (κ2) is 20.1. The van der Waals surface area contributed by atoms with Gasteiger partial charge < -0.3 is 25.4 Å². The molecule has 14 heteroatoms. The molecule has 1 fully saturated rings. The summed E-state index contributed by atoms with van der Waals surface area (Å²) in [6.45, 7) is 6.62. The number of carbonyl (C=O) groups excluding carboxylic acids is 4. The smallest absolute Gasteiger partial charge is 0.262 e. The highest BCUT2D eigenvalue weighted by atomic mass is 32.1. The van der Waals surface area contributed by atoms with Crippen molar-refractivity contribution in [3.05, 3.63) is 93.4 Å². The molecular formula is C47H55N7O6S. The molecule has 1 saturated heterocycles. The molecule has 5 aromatic rings. The molecule has 2 aromatic heterocycles. The summed E-state index contributed by atoms with van der Waals surface area (Å²) < 4.78 is 11.1. The van der Waals surface area contributed by atoms with Gasteiger partial charge in [-0.2, -0.15) is 0 Å². The minimum atomic E-state index is -0.958. The van der Waals surface area contributed by atoms with E-state index in [0.29, 0.717) is 28.5 Å². The lowest BCUT2D eigenvalue weighted by Gasteiger charge is -2.27. The zero-order valence-corrected chi connectivity index (χ0v) is 36.2. The van der Waals surface area contributed by atoms with Gasteiger partial charge in [0.1, 0.15) is 17.7 Å². The molecule has 0 aliphatic carbocycles. The van der Waals surface area contributed by atoms with Crippen LogP contribution in [0.5, 0.6) is 11.5 Å². The van der Waals surface area contributed by atoms with Gasteiger partial charge in [0, 0.05) is 41.5 Å². The van der Waals surface area contributed by atoms with Gasteiger partial charge in [0.05, 0.1) is 36.9 Å². The Kier molecular flexibility index (Phi) is 14.3. The van der Waals surface area contributed by atoms with Gasteiger partial charge >= 0.3 is 0 Å². The molecule has 4 amide bonds. The van der Waals surface area contributed by atoms with Gasteiger partial charge in [0.25, 0.3) is 11.8 Å². The van der Waals surface area contributed by atoms with Gasteiger partial charge in [-0.1, -0.05) is 62.8 Å². The number of ether oxygens (including phenoxy) is 2. The number of hydrogen-bond donors (Lipinski definition) is 4. The zero-order chi connectivity index (χ0) is 42.9. The van der Waals surface area contributed by atoms with Crippen LogP contribution in [0.1, 0.15) is 114 Å². The normalized spacial score (nSPS) is 15.5. The molecule has 13 nitrogen and oxygen atoms in total. The van der Waals surface area contributed by atoms with Crippen LogP contribution in [0.15, 0.2) is 66.0 Å². The van der Waals surface area contributed by atoms with E-state index in [1.807, 2.05) is 19.1 Å². The van der Waals surface area contributed by atoms with Crippen molar-refractivity contribution in [2.24, 2.45) is 0 Å². The Morgan fingerprint density at radius 3 is 2.28 bits per heavy atom. The number of hydrogen-bond acceptors (Lipinski definition) is 12. The molecule has 4 heterocycles. The lowest BCUT2D eigenvalue weighted by atomic mass is 10.0. The number of unbranched alkanes of at least 4 members (excludes halogenated alkanes) is 7. The Bertz CT molecular complexity index is 2400. The van der Waals surface area contributed by atoms with Crippen LogP contribution >= 0.6 is 11.3 Å². The van der Waals surface area contributed by atoms with Crippen molar-refractivity contribution in [3.63, 3.8) is 0 Å². The number of aromatic nitrogens is 2. The first-order valence-corrected chi connectivity index (χ1v) is 22.2. The molecule has 2 atom stereocenters. The first-order valence-electron chi connectivity index (χ1n) is 21.3. The molecule has 0 saturated carbocycles. The fourth-order valence-electron chi connectivity index (χ4n) is 8.11. The summed E-state index contributed by atoms with van der Waals surface area (Å²) in [4.78, 5) is 61.5. The van der Waals surface area contributed by atoms with Gasteiger partial charge in [-0.3, -0.25) is 29.4 Å². The van der Waals surface area contributed by atoms with Crippen molar-refractivity contribution in [2.45, 2.75) is 96.7 Å². The van der Waals surface area contributed by atoms with Crippen LogP contribution in [-0.2, 0) is 16.1 Å². The molecule has 2 aliphatic rings. The number of rotatable bonds is 21. The summed E-state index contributed by atoms with van der Waals surface area (Å²) in [5.41, 5.74) is 5.91. The van der Waals surface area contributed by atoms with Crippen LogP contribution in [0.2, 0.25) is 0 Å². The Balaban J connectivity index is 0.779. The molecule has 0 spiro atoms. The van der Waals surface area contributed by atoms with E-state index in [-0.39, 0.29) is 24.8 Å². The van der Waals surface area contributed by atoms with Gasteiger partial charge in [0.15, 0.2) is 11.5 Å². The maximum Gasteiger partial charge on any atom is 0.262 e. The molecule has 2 aliphatic heterocycles. The highest BCUT2D eigenvalue weighted by Gasteiger charge is 2.44. The van der Waals surface area contributed by atoms with E-state index in [0.717, 1.165) is 66.2 Å². The Morgan fingerprint density at radius 1 is 0.820 bits per heavy atom. The summed E-state index contributed by atoms with van der Waals surface area (Å²) >= 11 is 1.75. The highest BCUT2D eigenvalue weighted by Crippen LogP contribution is 2.37. The summed E-state index contributed by atoms with van der Waals surface area (Å²) in [6, 6.07) is 18.9. The number of anilines is 2. The number of imide groups is 2. The van der Waals surface area contributed by atoms with E-state index in [2.05, 4.69) is 68.9 Å². The Morgan fingerprint density at radius 2 is 1.52 bits per heavy atom. The van der Waals surface area contributed by atoms with E-state index in [1.54, 1.807) is 43.8 Å². The molecule has 320 valence electrons. The SMILES string of the molecule is COc1cc2nc(C)nc(NC(C)c3cc(-c4ccccc4CNCCCCCCCCCCNc4ccc5c(c4)C(=O)N(C4CCC(=O)NC4=O)C5=O)cs3)c2cc1OC. The second-order valence-corrected chi connectivity index (χ2v) is 16.7. The third kappa shape index (κ3) is 10.2. The number of nitrogens with zero attached hydrogens (tertiary/aromatic N) is 3. The van der Waals surface area contributed by atoms with Crippen LogP contribution in [0, 0.1) is 6.92 Å². The van der Waals surface area contributed by atoms with E-state index >= 15 is 0 Å². The summed E-state index contributed by atoms with van der Waals surface area (Å²) in [5, 5.41) is 16.0.